The molecule has 1 unspecified atom stereocenters. The number of nitrogens with one attached hydrogen (secondary N) is 1. The van der Waals surface area contributed by atoms with Crippen LogP contribution in [0, 0.1) is 5.41 Å². The van der Waals surface area contributed by atoms with Crippen molar-refractivity contribution >= 4 is 11.8 Å². The second kappa shape index (κ2) is 2.71. The van der Waals surface area contributed by atoms with Gasteiger partial charge in [-0.2, -0.15) is 0 Å². The summed E-state index contributed by atoms with van der Waals surface area (Å²) in [5.41, 5.74) is -1.07. The number of thioether (sulfide) groups is 1. The zero-order valence-corrected chi connectivity index (χ0v) is 5.42. The van der Waals surface area contributed by atoms with Crippen molar-refractivity contribution in [2.45, 2.75) is 11.9 Å². The van der Waals surface area contributed by atoms with Crippen molar-refractivity contribution in [3.05, 3.63) is 11.6 Å². The second-order valence-electron chi connectivity index (χ2n) is 1.44. The summed E-state index contributed by atoms with van der Waals surface area (Å²) in [6.45, 7) is 0. The molecule has 0 aromatic heterocycles. The minimum Gasteiger partial charge on any atom is -0.356 e. The fourth-order valence-electron chi connectivity index (χ4n) is 0.411. The molecule has 57 valence electrons. The Hall–Kier alpha value is -0.360. The first-order valence-corrected chi connectivity index (χ1v) is 3.19. The van der Waals surface area contributed by atoms with E-state index < -0.39 is 11.9 Å². The van der Waals surface area contributed by atoms with Gasteiger partial charge in [0, 0.05) is 11.6 Å². The molecule has 0 fully saturated rings. The second-order valence-corrected chi connectivity index (χ2v) is 2.34. The summed E-state index contributed by atoms with van der Waals surface area (Å²) in [6.07, 6.45) is -3.30. The summed E-state index contributed by atoms with van der Waals surface area (Å²) in [7, 11) is 0. The zero-order chi connectivity index (χ0) is 7.61. The van der Waals surface area contributed by atoms with Gasteiger partial charge < -0.3 is 5.32 Å². The van der Waals surface area contributed by atoms with Crippen LogP contribution in [-0.2, 0) is 4.74 Å². The van der Waals surface area contributed by atoms with Gasteiger partial charge in [-0.1, -0.05) is 11.8 Å². The van der Waals surface area contributed by atoms with Gasteiger partial charge in [0.25, 0.3) is 0 Å². The topological polar surface area (TPSA) is 21.3 Å². The van der Waals surface area contributed by atoms with Crippen molar-refractivity contribution in [2.75, 3.05) is 0 Å². The maximum absolute atomic E-state index is 11.4. The molecule has 1 atom stereocenters. The molecule has 0 saturated heterocycles. The lowest BCUT2D eigenvalue weighted by molar-refractivity contribution is -0.331. The normalized spacial score (nSPS) is 24.9. The molecule has 0 bridgehead atoms. The summed E-state index contributed by atoms with van der Waals surface area (Å²) < 4.78 is 37.7. The maximum Gasteiger partial charge on any atom is 0.525 e. The Morgan fingerprint density at radius 2 is 2.30 bits per heavy atom. The van der Waals surface area contributed by atoms with Crippen LogP contribution in [0.5, 0.6) is 0 Å². The molecule has 1 aliphatic heterocycles. The predicted octanol–water partition coefficient (Wildman–Crippen LogP) is 1.42. The van der Waals surface area contributed by atoms with Gasteiger partial charge in [-0.3, -0.25) is 4.74 Å². The predicted molar refractivity (Wildman–Crippen MR) is 29.5 cm³/mol. The summed E-state index contributed by atoms with van der Waals surface area (Å²) in [4.78, 5) is 0. The minimum atomic E-state index is -4.58. The Balaban J connectivity index is 2.26. The zero-order valence-electron chi connectivity index (χ0n) is 4.61. The van der Waals surface area contributed by atoms with Crippen LogP contribution >= 0.6 is 11.8 Å². The molecule has 0 aromatic rings. The first kappa shape index (κ1) is 7.74. The number of hydrogen-bond acceptors (Lipinski definition) is 3. The third kappa shape index (κ3) is 2.49. The lowest BCUT2D eigenvalue weighted by Gasteiger charge is -2.12. The fraction of sp³-hybridized carbons (Fsp3) is 0.500. The summed E-state index contributed by atoms with van der Waals surface area (Å²) in [5, 5.41) is 4.75. The van der Waals surface area contributed by atoms with Crippen molar-refractivity contribution in [3.63, 3.8) is 0 Å². The van der Waals surface area contributed by atoms with E-state index >= 15 is 0 Å². The number of ether oxygens (including phenoxy) is 1. The van der Waals surface area contributed by atoms with Gasteiger partial charge in [-0.25, -0.2) is 0 Å². The minimum absolute atomic E-state index is 0.810. The van der Waals surface area contributed by atoms with Gasteiger partial charge in [-0.15, -0.1) is 13.2 Å². The number of halogens is 3. The lowest BCUT2D eigenvalue weighted by atomic mass is 11.0. The van der Waals surface area contributed by atoms with Crippen LogP contribution in [0.2, 0.25) is 0 Å². The van der Waals surface area contributed by atoms with E-state index in [4.69, 9.17) is 0 Å². The van der Waals surface area contributed by atoms with Crippen LogP contribution in [0.15, 0.2) is 6.20 Å². The molecule has 1 radical (unpaired) electrons. The van der Waals surface area contributed by atoms with Gasteiger partial charge in [0.05, 0.1) is 0 Å². The van der Waals surface area contributed by atoms with Gasteiger partial charge in [0.1, 0.15) is 0 Å². The van der Waals surface area contributed by atoms with E-state index in [0.717, 1.165) is 11.8 Å². The summed E-state index contributed by atoms with van der Waals surface area (Å²) in [6, 6.07) is 0. The Kier molecular flexibility index (Phi) is 2.10. The molecular weight excluding hydrogens is 167 g/mol. The largest absolute Gasteiger partial charge is 0.525 e. The highest BCUT2D eigenvalue weighted by molar-refractivity contribution is 8.01. The maximum atomic E-state index is 11.4. The van der Waals surface area contributed by atoms with E-state index in [1.54, 1.807) is 0 Å². The summed E-state index contributed by atoms with van der Waals surface area (Å²) >= 11 is 0.810. The highest BCUT2D eigenvalue weighted by Crippen LogP contribution is 2.25. The van der Waals surface area contributed by atoms with Gasteiger partial charge >= 0.3 is 6.36 Å². The van der Waals surface area contributed by atoms with Crippen molar-refractivity contribution in [2.24, 2.45) is 0 Å². The number of alkyl halides is 3. The van der Waals surface area contributed by atoms with E-state index in [1.807, 2.05) is 0 Å². The van der Waals surface area contributed by atoms with Crippen LogP contribution in [-0.4, -0.2) is 11.9 Å². The molecule has 0 spiro atoms. The van der Waals surface area contributed by atoms with E-state index in [1.165, 1.54) is 6.20 Å². The van der Waals surface area contributed by atoms with Crippen molar-refractivity contribution in [1.29, 1.82) is 0 Å². The molecular formula is C4H3F3NOS. The number of rotatable bonds is 1. The van der Waals surface area contributed by atoms with Crippen molar-refractivity contribution < 1.29 is 17.9 Å². The number of hydrogen-bond donors (Lipinski definition) is 1. The third-order valence-electron chi connectivity index (χ3n) is 0.694. The SMILES string of the molecule is FC(F)(F)OC1NC=[C]S1. The van der Waals surface area contributed by atoms with E-state index in [0.29, 0.717) is 0 Å². The molecule has 2 nitrogen and oxygen atoms in total. The van der Waals surface area contributed by atoms with Gasteiger partial charge in [0.2, 0.25) is 0 Å². The third-order valence-corrected chi connectivity index (χ3v) is 1.39. The highest BCUT2D eigenvalue weighted by Gasteiger charge is 2.34. The first-order chi connectivity index (χ1) is 4.58. The Morgan fingerprint density at radius 3 is 2.70 bits per heavy atom. The van der Waals surface area contributed by atoms with Crippen LogP contribution < -0.4 is 5.32 Å². The fourth-order valence-corrected chi connectivity index (χ4v) is 0.964. The molecule has 10 heavy (non-hydrogen) atoms. The molecule has 0 amide bonds. The Bertz CT molecular complexity index is 138. The molecule has 1 aliphatic rings. The van der Waals surface area contributed by atoms with Crippen molar-refractivity contribution in [1.82, 2.24) is 5.32 Å². The molecule has 0 saturated carbocycles. The average Bonchev–Trinajstić information content (AvgIpc) is 2.12. The lowest BCUT2D eigenvalue weighted by Crippen LogP contribution is -2.27. The van der Waals surface area contributed by atoms with Crippen LogP contribution in [0.3, 0.4) is 0 Å². The van der Waals surface area contributed by atoms with E-state index in [9.17, 15) is 13.2 Å². The molecule has 0 aromatic carbocycles. The molecule has 1 heterocycles. The highest BCUT2D eigenvalue weighted by atomic mass is 32.2. The van der Waals surface area contributed by atoms with Crippen molar-refractivity contribution in [3.8, 4) is 0 Å². The van der Waals surface area contributed by atoms with E-state index in [-0.39, 0.29) is 0 Å². The van der Waals surface area contributed by atoms with Crippen LogP contribution in [0.1, 0.15) is 0 Å². The molecule has 6 heteroatoms. The molecule has 1 N–H and O–H groups in total. The monoisotopic (exact) mass is 170 g/mol. The van der Waals surface area contributed by atoms with Gasteiger partial charge in [-0.05, 0) is 0 Å². The molecule has 0 aliphatic carbocycles. The van der Waals surface area contributed by atoms with Gasteiger partial charge in [0.15, 0.2) is 5.56 Å². The smallest absolute Gasteiger partial charge is 0.356 e. The van der Waals surface area contributed by atoms with Crippen LogP contribution in [0.25, 0.3) is 0 Å². The van der Waals surface area contributed by atoms with Crippen LogP contribution in [0.4, 0.5) is 13.2 Å². The quantitative estimate of drug-likeness (QED) is 0.643. The Labute approximate surface area is 59.4 Å². The van der Waals surface area contributed by atoms with E-state index in [2.05, 4.69) is 15.5 Å². The standard InChI is InChI=1S/C4H3F3NOS/c5-4(6,7)9-3-8-1-2-10-3/h1,3,8H. The average molecular weight is 170 g/mol. The molecule has 1 rings (SSSR count). The first-order valence-electron chi connectivity index (χ1n) is 2.31. The summed E-state index contributed by atoms with van der Waals surface area (Å²) in [5.74, 6) is 0. The Morgan fingerprint density at radius 1 is 1.60 bits per heavy atom.